The quantitative estimate of drug-likeness (QED) is 0.556. The van der Waals surface area contributed by atoms with Crippen LogP contribution >= 0.6 is 13.5 Å². The Morgan fingerprint density at radius 2 is 2.00 bits per heavy atom. The Morgan fingerprint density at radius 3 is 2.82 bits per heavy atom. The molecule has 0 N–H and O–H groups in total. The summed E-state index contributed by atoms with van der Waals surface area (Å²) in [6, 6.07) is 8.41. The lowest BCUT2D eigenvalue weighted by Gasteiger charge is -2.07. The first kappa shape index (κ1) is 8.34. The van der Waals surface area contributed by atoms with Gasteiger partial charge in [-0.3, -0.25) is 4.99 Å². The SMILES string of the molecule is C1=NCCc2ccccc21.[S]. The lowest BCUT2D eigenvalue weighted by Crippen LogP contribution is -2.01. The molecule has 2 radical (unpaired) electrons. The molecule has 0 aliphatic carbocycles. The van der Waals surface area contributed by atoms with Crippen LogP contribution in [0.15, 0.2) is 29.3 Å². The molecule has 56 valence electrons. The second-order valence-corrected chi connectivity index (χ2v) is 2.48. The zero-order chi connectivity index (χ0) is 6.81. The molecule has 0 atom stereocenters. The van der Waals surface area contributed by atoms with Gasteiger partial charge in [-0.2, -0.15) is 0 Å². The molecule has 1 aromatic carbocycles. The molecule has 2 heteroatoms. The maximum Gasteiger partial charge on any atom is 0.0430 e. The van der Waals surface area contributed by atoms with Crippen LogP contribution in [-0.2, 0) is 6.42 Å². The van der Waals surface area contributed by atoms with Crippen LogP contribution in [-0.4, -0.2) is 12.8 Å². The lowest BCUT2D eigenvalue weighted by molar-refractivity contribution is 0.952. The van der Waals surface area contributed by atoms with E-state index in [1.165, 1.54) is 11.1 Å². The molecule has 0 spiro atoms. The summed E-state index contributed by atoms with van der Waals surface area (Å²) in [5, 5.41) is 0. The standard InChI is InChI=1S/C9H9N.S/c1-2-4-9-7-10-6-5-8(9)3-1;/h1-4,7H,5-6H2;. The molecule has 1 aliphatic heterocycles. The molecule has 0 fully saturated rings. The summed E-state index contributed by atoms with van der Waals surface area (Å²) in [5.74, 6) is 0. The summed E-state index contributed by atoms with van der Waals surface area (Å²) in [6.45, 7) is 0.955. The second-order valence-electron chi connectivity index (χ2n) is 2.48. The Morgan fingerprint density at radius 1 is 1.18 bits per heavy atom. The lowest BCUT2D eigenvalue weighted by atomic mass is 10.0. The third kappa shape index (κ3) is 1.63. The van der Waals surface area contributed by atoms with Gasteiger partial charge in [-0.25, -0.2) is 0 Å². The van der Waals surface area contributed by atoms with Crippen LogP contribution < -0.4 is 0 Å². The molecular weight excluding hydrogens is 154 g/mol. The van der Waals surface area contributed by atoms with Gasteiger partial charge in [0, 0.05) is 26.3 Å². The Balaban J connectivity index is 0.000000605. The van der Waals surface area contributed by atoms with Crippen molar-refractivity contribution in [3.05, 3.63) is 35.4 Å². The van der Waals surface area contributed by atoms with Crippen LogP contribution in [0.3, 0.4) is 0 Å². The summed E-state index contributed by atoms with van der Waals surface area (Å²) in [4.78, 5) is 4.19. The van der Waals surface area contributed by atoms with Crippen molar-refractivity contribution in [1.29, 1.82) is 0 Å². The zero-order valence-corrected chi connectivity index (χ0v) is 6.97. The van der Waals surface area contributed by atoms with Gasteiger partial charge < -0.3 is 0 Å². The van der Waals surface area contributed by atoms with E-state index in [2.05, 4.69) is 29.3 Å². The molecule has 11 heavy (non-hydrogen) atoms. The number of nitrogens with zero attached hydrogens (tertiary/aromatic N) is 1. The second kappa shape index (κ2) is 3.58. The van der Waals surface area contributed by atoms with Crippen molar-refractivity contribution in [3.63, 3.8) is 0 Å². The number of fused-ring (bicyclic) bond motifs is 1. The Bertz CT molecular complexity index is 268. The summed E-state index contributed by atoms with van der Waals surface area (Å²) >= 11 is 0. The van der Waals surface area contributed by atoms with Crippen molar-refractivity contribution < 1.29 is 0 Å². The van der Waals surface area contributed by atoms with E-state index in [9.17, 15) is 0 Å². The molecule has 0 amide bonds. The molecule has 0 aromatic heterocycles. The summed E-state index contributed by atoms with van der Waals surface area (Å²) in [5.41, 5.74) is 2.71. The van der Waals surface area contributed by atoms with Crippen molar-refractivity contribution in [1.82, 2.24) is 0 Å². The number of hydrogen-bond acceptors (Lipinski definition) is 1. The monoisotopic (exact) mass is 163 g/mol. The minimum atomic E-state index is 0. The number of benzene rings is 1. The van der Waals surface area contributed by atoms with Crippen molar-refractivity contribution in [3.8, 4) is 0 Å². The fourth-order valence-corrected chi connectivity index (χ4v) is 1.24. The van der Waals surface area contributed by atoms with Gasteiger partial charge in [0.1, 0.15) is 0 Å². The van der Waals surface area contributed by atoms with Crippen molar-refractivity contribution in [2.45, 2.75) is 6.42 Å². The predicted molar refractivity (Wildman–Crippen MR) is 50.2 cm³/mol. The first-order valence-electron chi connectivity index (χ1n) is 3.54. The van der Waals surface area contributed by atoms with E-state index in [0.717, 1.165) is 13.0 Å². The highest BCUT2D eigenvalue weighted by Gasteiger charge is 2.01. The largest absolute Gasteiger partial charge is 0.292 e. The highest BCUT2D eigenvalue weighted by molar-refractivity contribution is 7.59. The van der Waals surface area contributed by atoms with Crippen molar-refractivity contribution in [2.24, 2.45) is 4.99 Å². The molecule has 0 unspecified atom stereocenters. The van der Waals surface area contributed by atoms with Gasteiger partial charge in [0.2, 0.25) is 0 Å². The van der Waals surface area contributed by atoms with E-state index in [4.69, 9.17) is 0 Å². The Labute approximate surface area is 73.6 Å². The fourth-order valence-electron chi connectivity index (χ4n) is 1.24. The smallest absolute Gasteiger partial charge is 0.0430 e. The van der Waals surface area contributed by atoms with E-state index in [-0.39, 0.29) is 13.5 Å². The Kier molecular flexibility index (Phi) is 2.71. The molecule has 0 saturated carbocycles. The van der Waals surface area contributed by atoms with Crippen LogP contribution in [0.4, 0.5) is 0 Å². The summed E-state index contributed by atoms with van der Waals surface area (Å²) in [7, 11) is 0. The van der Waals surface area contributed by atoms with Gasteiger partial charge >= 0.3 is 0 Å². The molecule has 1 nitrogen and oxygen atoms in total. The van der Waals surface area contributed by atoms with Gasteiger partial charge in [0.25, 0.3) is 0 Å². The minimum Gasteiger partial charge on any atom is -0.292 e. The molecule has 0 saturated heterocycles. The van der Waals surface area contributed by atoms with Crippen LogP contribution in [0.1, 0.15) is 11.1 Å². The molecule has 0 bridgehead atoms. The predicted octanol–water partition coefficient (Wildman–Crippen LogP) is 2.31. The first-order valence-corrected chi connectivity index (χ1v) is 3.54. The highest BCUT2D eigenvalue weighted by Crippen LogP contribution is 2.10. The van der Waals surface area contributed by atoms with Gasteiger partial charge in [-0.15, -0.1) is 0 Å². The van der Waals surface area contributed by atoms with E-state index in [0.29, 0.717) is 0 Å². The number of rotatable bonds is 0. The summed E-state index contributed by atoms with van der Waals surface area (Å²) < 4.78 is 0. The zero-order valence-electron chi connectivity index (χ0n) is 6.16. The Hall–Kier alpha value is -0.760. The maximum atomic E-state index is 4.19. The topological polar surface area (TPSA) is 12.4 Å². The fraction of sp³-hybridized carbons (Fsp3) is 0.222. The minimum absolute atomic E-state index is 0. The molecule has 1 aromatic rings. The average molecular weight is 163 g/mol. The van der Waals surface area contributed by atoms with Crippen molar-refractivity contribution in [2.75, 3.05) is 6.54 Å². The van der Waals surface area contributed by atoms with E-state index in [1.54, 1.807) is 0 Å². The molecular formula is C9H9NS. The van der Waals surface area contributed by atoms with Crippen LogP contribution in [0.25, 0.3) is 0 Å². The summed E-state index contributed by atoms with van der Waals surface area (Å²) in [6.07, 6.45) is 3.06. The molecule has 1 heterocycles. The maximum absolute atomic E-state index is 4.19. The molecule has 2 rings (SSSR count). The average Bonchev–Trinajstić information content (AvgIpc) is 2.05. The third-order valence-corrected chi connectivity index (χ3v) is 1.80. The first-order chi connectivity index (χ1) is 4.97. The number of aliphatic imine (C=N–C) groups is 1. The van der Waals surface area contributed by atoms with Gasteiger partial charge in [-0.1, -0.05) is 24.3 Å². The van der Waals surface area contributed by atoms with E-state index < -0.39 is 0 Å². The van der Waals surface area contributed by atoms with E-state index >= 15 is 0 Å². The van der Waals surface area contributed by atoms with Gasteiger partial charge in [0.15, 0.2) is 0 Å². The normalized spacial score (nSPS) is 13.5. The van der Waals surface area contributed by atoms with E-state index in [1.807, 2.05) is 6.21 Å². The molecule has 1 aliphatic rings. The third-order valence-electron chi connectivity index (χ3n) is 1.80. The van der Waals surface area contributed by atoms with Crippen LogP contribution in [0, 0.1) is 0 Å². The number of hydrogen-bond donors (Lipinski definition) is 0. The van der Waals surface area contributed by atoms with Gasteiger partial charge in [0.05, 0.1) is 0 Å². The van der Waals surface area contributed by atoms with Crippen LogP contribution in [0.2, 0.25) is 0 Å². The van der Waals surface area contributed by atoms with Crippen molar-refractivity contribution >= 4 is 19.7 Å². The van der Waals surface area contributed by atoms with Crippen LogP contribution in [0.5, 0.6) is 0 Å². The van der Waals surface area contributed by atoms with Gasteiger partial charge in [-0.05, 0) is 17.5 Å². The highest BCUT2D eigenvalue weighted by atomic mass is 32.1.